The van der Waals surface area contributed by atoms with Gasteiger partial charge in [-0.3, -0.25) is 14.9 Å². The van der Waals surface area contributed by atoms with Gasteiger partial charge in [-0.05, 0) is 47.5 Å². The number of fused-ring (bicyclic) bond motifs is 1. The van der Waals surface area contributed by atoms with E-state index in [1.165, 1.54) is 23.9 Å². The number of amides is 1. The van der Waals surface area contributed by atoms with Crippen molar-refractivity contribution in [1.29, 1.82) is 0 Å². The summed E-state index contributed by atoms with van der Waals surface area (Å²) in [5.74, 6) is 1.91. The first-order valence-corrected chi connectivity index (χ1v) is 15.6. The van der Waals surface area contributed by atoms with Crippen LogP contribution < -0.4 is 14.2 Å². The number of para-hydroxylation sites is 2. The first-order valence-electron chi connectivity index (χ1n) is 14.6. The van der Waals surface area contributed by atoms with Crippen molar-refractivity contribution in [1.82, 2.24) is 9.58 Å². The van der Waals surface area contributed by atoms with E-state index in [0.29, 0.717) is 24.5 Å². The minimum absolute atomic E-state index is 0.0560. The average Bonchev–Trinajstić information content (AvgIpc) is 3.69. The predicted octanol–water partition coefficient (Wildman–Crippen LogP) is 7.09. The highest BCUT2D eigenvalue weighted by Gasteiger charge is 2.35. The summed E-state index contributed by atoms with van der Waals surface area (Å²) in [5.41, 5.74) is 4.51. The topological polar surface area (TPSA) is 108 Å². The van der Waals surface area contributed by atoms with Gasteiger partial charge in [-0.15, -0.1) is 11.8 Å². The summed E-state index contributed by atoms with van der Waals surface area (Å²) in [5, 5.41) is 18.5. The Labute approximate surface area is 270 Å². The molecule has 11 heteroatoms. The molecular weight excluding hydrogens is 604 g/mol. The molecular formula is C35H32N4O6S. The second-order valence-electron chi connectivity index (χ2n) is 10.7. The van der Waals surface area contributed by atoms with Crippen molar-refractivity contribution in [2.24, 2.45) is 5.10 Å². The number of nitro benzene ring substituents is 1. The van der Waals surface area contributed by atoms with Crippen LogP contribution in [0.4, 0.5) is 5.69 Å². The molecule has 0 fully saturated rings. The number of thioether (sulfide) groups is 1. The fourth-order valence-corrected chi connectivity index (χ4v) is 6.64. The SMILES string of the molecule is COc1ccc(C2=NN(C(=O)CSc3cn(Cc4ccc([N+](=O)[O-])cc4)c4ccccc34)C(c3cccc(OC)c3OC)C2)cc1. The van der Waals surface area contributed by atoms with Crippen LogP contribution in [0.2, 0.25) is 0 Å². The number of aromatic nitrogens is 1. The number of nitro groups is 1. The number of non-ortho nitro benzene ring substituents is 1. The summed E-state index contributed by atoms with van der Waals surface area (Å²) in [6, 6.07) is 27.5. The van der Waals surface area contributed by atoms with Gasteiger partial charge in [0.25, 0.3) is 11.6 Å². The van der Waals surface area contributed by atoms with Crippen molar-refractivity contribution in [3.05, 3.63) is 124 Å². The number of methoxy groups -OCH3 is 3. The van der Waals surface area contributed by atoms with Crippen LogP contribution >= 0.6 is 11.8 Å². The van der Waals surface area contributed by atoms with E-state index >= 15 is 0 Å². The molecule has 0 saturated carbocycles. The van der Waals surface area contributed by atoms with Crippen molar-refractivity contribution >= 4 is 40.0 Å². The van der Waals surface area contributed by atoms with Gasteiger partial charge in [0.2, 0.25) is 0 Å². The molecule has 46 heavy (non-hydrogen) atoms. The Bertz CT molecular complexity index is 1920. The van der Waals surface area contributed by atoms with E-state index in [9.17, 15) is 14.9 Å². The molecule has 1 aliphatic heterocycles. The Hall–Kier alpha value is -5.29. The lowest BCUT2D eigenvalue weighted by atomic mass is 9.97. The summed E-state index contributed by atoms with van der Waals surface area (Å²) >= 11 is 1.46. The van der Waals surface area contributed by atoms with Crippen LogP contribution in [0.5, 0.6) is 17.2 Å². The van der Waals surface area contributed by atoms with E-state index in [1.54, 1.807) is 38.5 Å². The minimum Gasteiger partial charge on any atom is -0.497 e. The average molecular weight is 637 g/mol. The lowest BCUT2D eigenvalue weighted by Gasteiger charge is -2.24. The number of carbonyl (C=O) groups is 1. The second-order valence-corrected chi connectivity index (χ2v) is 11.7. The molecule has 0 N–H and O–H groups in total. The van der Waals surface area contributed by atoms with E-state index in [2.05, 4.69) is 4.57 Å². The van der Waals surface area contributed by atoms with Crippen molar-refractivity contribution in [3.63, 3.8) is 0 Å². The molecule has 5 aromatic rings. The third-order valence-corrected chi connectivity index (χ3v) is 9.01. The monoisotopic (exact) mass is 636 g/mol. The quantitative estimate of drug-likeness (QED) is 0.0865. The molecule has 1 atom stereocenters. The normalized spacial score (nSPS) is 14.3. The highest BCUT2D eigenvalue weighted by Crippen LogP contribution is 2.42. The highest BCUT2D eigenvalue weighted by atomic mass is 32.2. The number of hydrazone groups is 1. The van der Waals surface area contributed by atoms with Crippen LogP contribution in [-0.2, 0) is 11.3 Å². The molecule has 0 saturated heterocycles. The summed E-state index contributed by atoms with van der Waals surface area (Å²) in [6.45, 7) is 0.534. The van der Waals surface area contributed by atoms with E-state index in [4.69, 9.17) is 19.3 Å². The van der Waals surface area contributed by atoms with Gasteiger partial charge in [0, 0.05) is 52.7 Å². The first kappa shape index (κ1) is 30.7. The molecule has 0 bridgehead atoms. The van der Waals surface area contributed by atoms with Crippen LogP contribution in [0.3, 0.4) is 0 Å². The number of hydrogen-bond acceptors (Lipinski definition) is 8. The number of benzene rings is 4. The first-order chi connectivity index (χ1) is 22.4. The summed E-state index contributed by atoms with van der Waals surface area (Å²) < 4.78 is 18.7. The molecule has 1 aliphatic rings. The van der Waals surface area contributed by atoms with Gasteiger partial charge >= 0.3 is 0 Å². The number of hydrogen-bond donors (Lipinski definition) is 0. The van der Waals surface area contributed by atoms with E-state index in [1.807, 2.05) is 72.9 Å². The predicted molar refractivity (Wildman–Crippen MR) is 178 cm³/mol. The summed E-state index contributed by atoms with van der Waals surface area (Å²) in [4.78, 5) is 25.6. The zero-order valence-electron chi connectivity index (χ0n) is 25.6. The molecule has 2 heterocycles. The number of rotatable bonds is 11. The van der Waals surface area contributed by atoms with Crippen molar-refractivity contribution in [3.8, 4) is 17.2 Å². The lowest BCUT2D eigenvalue weighted by molar-refractivity contribution is -0.384. The van der Waals surface area contributed by atoms with Crippen LogP contribution in [0.25, 0.3) is 10.9 Å². The standard InChI is InChI=1S/C35H32N4O6S/c1-43-26-17-13-24(14-18-26)29-19-31(28-8-6-10-32(44-2)35(28)45-3)38(36-29)34(40)22-46-33-21-37(30-9-5-4-7-27(30)33)20-23-11-15-25(16-12-23)39(41)42/h4-18,21,31H,19-20,22H2,1-3H3. The molecule has 0 aliphatic carbocycles. The smallest absolute Gasteiger partial charge is 0.269 e. The second kappa shape index (κ2) is 13.4. The maximum absolute atomic E-state index is 14.0. The Morgan fingerprint density at radius 2 is 1.70 bits per heavy atom. The Morgan fingerprint density at radius 3 is 2.39 bits per heavy atom. The third-order valence-electron chi connectivity index (χ3n) is 7.98. The van der Waals surface area contributed by atoms with Gasteiger partial charge < -0.3 is 18.8 Å². The Kier molecular flexibility index (Phi) is 8.93. The lowest BCUT2D eigenvalue weighted by Crippen LogP contribution is -2.28. The molecule has 234 valence electrons. The van der Waals surface area contributed by atoms with E-state index in [0.717, 1.165) is 43.9 Å². The van der Waals surface area contributed by atoms with Gasteiger partial charge in [0.1, 0.15) is 5.75 Å². The van der Waals surface area contributed by atoms with Crippen molar-refractivity contribution < 1.29 is 23.9 Å². The van der Waals surface area contributed by atoms with Gasteiger partial charge in [-0.2, -0.15) is 5.10 Å². The summed E-state index contributed by atoms with van der Waals surface area (Å²) in [7, 11) is 4.81. The van der Waals surface area contributed by atoms with Crippen LogP contribution in [0.1, 0.15) is 29.2 Å². The minimum atomic E-state index is -0.403. The third kappa shape index (κ3) is 6.14. The highest BCUT2D eigenvalue weighted by molar-refractivity contribution is 8.00. The van der Waals surface area contributed by atoms with Gasteiger partial charge in [0.15, 0.2) is 11.5 Å². The maximum atomic E-state index is 14.0. The zero-order chi connectivity index (χ0) is 32.2. The maximum Gasteiger partial charge on any atom is 0.269 e. The van der Waals surface area contributed by atoms with E-state index in [-0.39, 0.29) is 17.3 Å². The number of ether oxygens (including phenoxy) is 3. The molecule has 0 radical (unpaired) electrons. The number of carbonyl (C=O) groups excluding carboxylic acids is 1. The molecule has 10 nitrogen and oxygen atoms in total. The van der Waals surface area contributed by atoms with Crippen LogP contribution in [-0.4, -0.2) is 53.2 Å². The van der Waals surface area contributed by atoms with Crippen LogP contribution in [0, 0.1) is 10.1 Å². The zero-order valence-corrected chi connectivity index (χ0v) is 26.4. The van der Waals surface area contributed by atoms with Crippen molar-refractivity contribution in [2.45, 2.75) is 23.9 Å². The Balaban J connectivity index is 1.28. The van der Waals surface area contributed by atoms with Crippen molar-refractivity contribution in [2.75, 3.05) is 27.1 Å². The Morgan fingerprint density at radius 1 is 0.935 bits per heavy atom. The number of nitrogens with zero attached hydrogens (tertiary/aromatic N) is 4. The molecule has 4 aromatic carbocycles. The molecule has 6 rings (SSSR count). The molecule has 1 aromatic heterocycles. The van der Waals surface area contributed by atoms with Gasteiger partial charge in [-0.25, -0.2) is 5.01 Å². The van der Waals surface area contributed by atoms with E-state index < -0.39 is 11.0 Å². The fourth-order valence-electron chi connectivity index (χ4n) is 5.70. The summed E-state index contributed by atoms with van der Waals surface area (Å²) in [6.07, 6.45) is 2.53. The van der Waals surface area contributed by atoms with Gasteiger partial charge in [-0.1, -0.05) is 42.5 Å². The largest absolute Gasteiger partial charge is 0.497 e. The molecule has 0 spiro atoms. The molecule has 1 unspecified atom stereocenters. The van der Waals surface area contributed by atoms with Gasteiger partial charge in [0.05, 0.1) is 43.8 Å². The van der Waals surface area contributed by atoms with Crippen LogP contribution in [0.15, 0.2) is 107 Å². The fraction of sp³-hybridized carbons (Fsp3) is 0.200. The molecule has 1 amide bonds.